The Morgan fingerprint density at radius 3 is 2.43 bits per heavy atom. The molecule has 37 heavy (non-hydrogen) atoms. The second-order valence-corrected chi connectivity index (χ2v) is 9.30. The van der Waals surface area contributed by atoms with Crippen molar-refractivity contribution in [1.82, 2.24) is 14.3 Å². The summed E-state index contributed by atoms with van der Waals surface area (Å²) >= 11 is 12.4. The van der Waals surface area contributed by atoms with E-state index in [1.165, 1.54) is 4.57 Å². The molecule has 9 heteroatoms. The number of hydrogen-bond donors (Lipinski definition) is 1. The molecule has 0 aliphatic rings. The third kappa shape index (κ3) is 6.18. The number of benzene rings is 2. The quantitative estimate of drug-likeness (QED) is 0.245. The molecular formula is C28H28Cl2N4O3. The van der Waals surface area contributed by atoms with E-state index in [0.29, 0.717) is 35.3 Å². The number of aromatic nitrogens is 3. The Hall–Kier alpha value is -3.68. The molecule has 1 N–H and O–H groups in total. The molecule has 0 amide bonds. The van der Waals surface area contributed by atoms with Crippen molar-refractivity contribution in [3.05, 3.63) is 116 Å². The van der Waals surface area contributed by atoms with Crippen molar-refractivity contribution in [2.24, 2.45) is 7.05 Å². The highest BCUT2D eigenvalue weighted by Crippen LogP contribution is 2.33. The fourth-order valence-corrected chi connectivity index (χ4v) is 4.40. The lowest BCUT2D eigenvalue weighted by atomic mass is 9.98. The minimum Gasteiger partial charge on any atom is -0.497 e. The maximum atomic E-state index is 12.2. The van der Waals surface area contributed by atoms with Crippen molar-refractivity contribution in [2.75, 3.05) is 19.0 Å². The number of rotatable bonds is 10. The highest BCUT2D eigenvalue weighted by atomic mass is 35.5. The molecule has 0 aliphatic heterocycles. The van der Waals surface area contributed by atoms with Crippen molar-refractivity contribution >= 4 is 34.6 Å². The maximum Gasteiger partial charge on any atom is 0.269 e. The van der Waals surface area contributed by atoms with Crippen LogP contribution in [0.4, 0.5) is 5.69 Å². The van der Waals surface area contributed by atoms with Gasteiger partial charge in [0.15, 0.2) is 0 Å². The number of nitrogens with zero attached hydrogens (tertiary/aromatic N) is 3. The highest BCUT2D eigenvalue weighted by molar-refractivity contribution is 6.30. The van der Waals surface area contributed by atoms with Crippen LogP contribution in [0, 0.1) is 0 Å². The normalized spacial score (nSPS) is 11.7. The summed E-state index contributed by atoms with van der Waals surface area (Å²) in [6.07, 6.45) is 3.68. The Balaban J connectivity index is 1.80. The van der Waals surface area contributed by atoms with E-state index in [1.54, 1.807) is 26.4 Å². The van der Waals surface area contributed by atoms with E-state index in [9.17, 15) is 4.79 Å². The first-order valence-electron chi connectivity index (χ1n) is 11.7. The summed E-state index contributed by atoms with van der Waals surface area (Å²) in [6, 6.07) is 16.6. The van der Waals surface area contributed by atoms with Crippen LogP contribution in [-0.2, 0) is 18.3 Å². The second kappa shape index (κ2) is 11.6. The molecule has 0 aliphatic carbocycles. The van der Waals surface area contributed by atoms with Gasteiger partial charge in [-0.25, -0.2) is 0 Å². The molecule has 0 radical (unpaired) electrons. The molecule has 0 saturated carbocycles. The fourth-order valence-electron chi connectivity index (χ4n) is 4.02. The van der Waals surface area contributed by atoms with E-state index in [-0.39, 0.29) is 16.6 Å². The first-order valence-corrected chi connectivity index (χ1v) is 12.4. The number of pyridine rings is 1. The van der Waals surface area contributed by atoms with Crippen LogP contribution in [0.2, 0.25) is 10.0 Å². The first kappa shape index (κ1) is 26.4. The topological polar surface area (TPSA) is 70.3 Å². The van der Waals surface area contributed by atoms with E-state index in [0.717, 1.165) is 22.4 Å². The van der Waals surface area contributed by atoms with E-state index < -0.39 is 0 Å². The number of aryl methyl sites for hydroxylation is 1. The zero-order valence-electron chi connectivity index (χ0n) is 20.9. The Morgan fingerprint density at radius 1 is 1.11 bits per heavy atom. The molecule has 7 nitrogen and oxygen atoms in total. The van der Waals surface area contributed by atoms with Gasteiger partial charge in [-0.15, -0.1) is 0 Å². The number of methoxy groups -OCH3 is 1. The van der Waals surface area contributed by atoms with E-state index in [1.807, 2.05) is 66.3 Å². The minimum absolute atomic E-state index is 0.122. The molecule has 2 aromatic carbocycles. The fraction of sp³-hybridized carbons (Fsp3) is 0.214. The third-order valence-corrected chi connectivity index (χ3v) is 6.36. The number of halogens is 2. The van der Waals surface area contributed by atoms with Crippen molar-refractivity contribution in [3.8, 4) is 5.75 Å². The summed E-state index contributed by atoms with van der Waals surface area (Å²) < 4.78 is 14.3. The predicted octanol–water partition coefficient (Wildman–Crippen LogP) is 6.15. The van der Waals surface area contributed by atoms with Crippen LogP contribution in [0.15, 0.2) is 78.4 Å². The maximum absolute atomic E-state index is 12.2. The zero-order valence-corrected chi connectivity index (χ0v) is 22.4. The second-order valence-electron chi connectivity index (χ2n) is 8.46. The first-order chi connectivity index (χ1) is 17.8. The zero-order chi connectivity index (χ0) is 26.5. The molecule has 0 fully saturated rings. The summed E-state index contributed by atoms with van der Waals surface area (Å²) in [4.78, 5) is 12.2. The van der Waals surface area contributed by atoms with Gasteiger partial charge in [-0.1, -0.05) is 54.0 Å². The molecule has 2 heterocycles. The van der Waals surface area contributed by atoms with Gasteiger partial charge in [-0.05, 0) is 48.4 Å². The molecule has 4 aromatic rings. The summed E-state index contributed by atoms with van der Waals surface area (Å²) in [5, 5.41) is 9.10. The highest BCUT2D eigenvalue weighted by Gasteiger charge is 2.24. The molecule has 1 atom stereocenters. The monoisotopic (exact) mass is 538 g/mol. The molecule has 0 spiro atoms. The minimum atomic E-state index is -0.373. The number of anilines is 1. The lowest BCUT2D eigenvalue weighted by Gasteiger charge is -2.22. The summed E-state index contributed by atoms with van der Waals surface area (Å²) in [5.41, 5.74) is 3.86. The lowest BCUT2D eigenvalue weighted by molar-refractivity contribution is 0.297. The smallest absolute Gasteiger partial charge is 0.269 e. The summed E-state index contributed by atoms with van der Waals surface area (Å²) in [5.74, 6) is 1.25. The average Bonchev–Trinajstić information content (AvgIpc) is 3.30. The lowest BCUT2D eigenvalue weighted by Crippen LogP contribution is -2.19. The number of hydrogen-bond acceptors (Lipinski definition) is 5. The molecule has 0 bridgehead atoms. The SMILES string of the molecule is C=C(OCC)c1nn(Cc2ccc(OC)cc2)cc1C(Nc1cc(Cl)c(=O)n(C)c1)c1ccc(Cl)cc1. The van der Waals surface area contributed by atoms with Gasteiger partial charge in [0, 0.05) is 30.0 Å². The van der Waals surface area contributed by atoms with E-state index in [4.69, 9.17) is 37.8 Å². The summed E-state index contributed by atoms with van der Waals surface area (Å²) in [7, 11) is 3.30. The van der Waals surface area contributed by atoms with Gasteiger partial charge in [0.05, 0.1) is 32.0 Å². The van der Waals surface area contributed by atoms with Gasteiger partial charge in [-0.2, -0.15) is 5.10 Å². The van der Waals surface area contributed by atoms with Crippen LogP contribution in [0.25, 0.3) is 5.76 Å². The van der Waals surface area contributed by atoms with Crippen LogP contribution in [0.1, 0.15) is 35.3 Å². The van der Waals surface area contributed by atoms with Crippen molar-refractivity contribution in [2.45, 2.75) is 19.5 Å². The van der Waals surface area contributed by atoms with Gasteiger partial charge >= 0.3 is 0 Å². The average molecular weight is 539 g/mol. The van der Waals surface area contributed by atoms with Crippen LogP contribution in [0.5, 0.6) is 5.75 Å². The molecule has 192 valence electrons. The number of nitrogens with one attached hydrogen (secondary N) is 1. The molecule has 1 unspecified atom stereocenters. The van der Waals surface area contributed by atoms with Crippen LogP contribution in [0.3, 0.4) is 0 Å². The van der Waals surface area contributed by atoms with Gasteiger partial charge in [0.2, 0.25) is 0 Å². The Kier molecular flexibility index (Phi) is 8.26. The Morgan fingerprint density at radius 2 is 1.81 bits per heavy atom. The largest absolute Gasteiger partial charge is 0.497 e. The van der Waals surface area contributed by atoms with Crippen LogP contribution < -0.4 is 15.6 Å². The number of ether oxygens (including phenoxy) is 2. The van der Waals surface area contributed by atoms with E-state index in [2.05, 4.69) is 11.9 Å². The third-order valence-electron chi connectivity index (χ3n) is 5.84. The van der Waals surface area contributed by atoms with Crippen molar-refractivity contribution in [3.63, 3.8) is 0 Å². The van der Waals surface area contributed by atoms with Crippen LogP contribution >= 0.6 is 23.2 Å². The predicted molar refractivity (Wildman–Crippen MR) is 149 cm³/mol. The van der Waals surface area contributed by atoms with Crippen LogP contribution in [-0.4, -0.2) is 28.1 Å². The van der Waals surface area contributed by atoms with Gasteiger partial charge in [0.25, 0.3) is 5.56 Å². The molecular weight excluding hydrogens is 511 g/mol. The van der Waals surface area contributed by atoms with Gasteiger partial charge in [0.1, 0.15) is 22.2 Å². The van der Waals surface area contributed by atoms with Crippen molar-refractivity contribution < 1.29 is 9.47 Å². The van der Waals surface area contributed by atoms with Gasteiger partial charge < -0.3 is 19.4 Å². The Bertz CT molecular complexity index is 1420. The summed E-state index contributed by atoms with van der Waals surface area (Å²) in [6.45, 7) is 7.02. The molecule has 2 aromatic heterocycles. The molecule has 0 saturated heterocycles. The van der Waals surface area contributed by atoms with Crippen molar-refractivity contribution in [1.29, 1.82) is 0 Å². The Labute approximate surface area is 225 Å². The van der Waals surface area contributed by atoms with E-state index >= 15 is 0 Å². The standard InChI is InChI=1S/C28H28Cl2N4O3/c1-5-37-18(2)26-24(17-34(32-26)15-19-6-12-23(36-4)13-7-19)27(20-8-10-21(29)11-9-20)31-22-14-25(30)28(35)33(3)16-22/h6-14,16-17,27,31H,2,5,15H2,1,3-4H3. The molecule has 4 rings (SSSR count). The van der Waals surface area contributed by atoms with Gasteiger partial charge in [-0.3, -0.25) is 9.48 Å².